The molecule has 0 heterocycles. The van der Waals surface area contributed by atoms with Gasteiger partial charge in [0.25, 0.3) is 0 Å². The number of carbonyl (C=O) groups is 2. The van der Waals surface area contributed by atoms with E-state index in [1.54, 1.807) is 29.7 Å². The second-order valence-corrected chi connectivity index (χ2v) is 4.72. The molecule has 0 fully saturated rings. The maximum atomic E-state index is 11.7. The van der Waals surface area contributed by atoms with Gasteiger partial charge >= 0.3 is 0 Å². The molecule has 2 amide bonds. The molecule has 21 heavy (non-hydrogen) atoms. The standard InChI is InChI=1S/C16H20N2O3/c1-2-13-8-7-9-14(12-13)17-15(19)10-5-3-4-6-11-16(20)18-21/h1,7-9,12,21H,3-6,10-11H2,(H,17,19)(H,18,20). The van der Waals surface area contributed by atoms with E-state index in [0.29, 0.717) is 24.9 Å². The fourth-order valence-electron chi connectivity index (χ4n) is 1.89. The van der Waals surface area contributed by atoms with Crippen molar-refractivity contribution in [3.8, 4) is 12.3 Å². The summed E-state index contributed by atoms with van der Waals surface area (Å²) < 4.78 is 0. The molecule has 1 aromatic rings. The monoisotopic (exact) mass is 288 g/mol. The van der Waals surface area contributed by atoms with E-state index in [4.69, 9.17) is 11.6 Å². The van der Waals surface area contributed by atoms with Crippen LogP contribution in [0, 0.1) is 12.3 Å². The Morgan fingerprint density at radius 3 is 2.38 bits per heavy atom. The number of anilines is 1. The average molecular weight is 288 g/mol. The minimum atomic E-state index is -0.374. The summed E-state index contributed by atoms with van der Waals surface area (Å²) in [6, 6.07) is 7.16. The largest absolute Gasteiger partial charge is 0.326 e. The second-order valence-electron chi connectivity index (χ2n) is 4.72. The summed E-state index contributed by atoms with van der Waals surface area (Å²) in [5, 5.41) is 11.1. The summed E-state index contributed by atoms with van der Waals surface area (Å²) in [6.07, 6.45) is 9.24. The van der Waals surface area contributed by atoms with Crippen molar-refractivity contribution in [1.29, 1.82) is 0 Å². The summed E-state index contributed by atoms with van der Waals surface area (Å²) in [6.45, 7) is 0. The van der Waals surface area contributed by atoms with Gasteiger partial charge in [-0.2, -0.15) is 0 Å². The number of rotatable bonds is 8. The van der Waals surface area contributed by atoms with Crippen molar-refractivity contribution in [2.45, 2.75) is 38.5 Å². The number of unbranched alkanes of at least 4 members (excludes halogenated alkanes) is 3. The Hall–Kier alpha value is -2.32. The van der Waals surface area contributed by atoms with Crippen LogP contribution in [0.1, 0.15) is 44.1 Å². The zero-order valence-corrected chi connectivity index (χ0v) is 11.9. The lowest BCUT2D eigenvalue weighted by Gasteiger charge is -2.05. The summed E-state index contributed by atoms with van der Waals surface area (Å²) in [7, 11) is 0. The van der Waals surface area contributed by atoms with Crippen molar-refractivity contribution in [3.05, 3.63) is 29.8 Å². The van der Waals surface area contributed by atoms with Crippen molar-refractivity contribution in [3.63, 3.8) is 0 Å². The van der Waals surface area contributed by atoms with Crippen molar-refractivity contribution < 1.29 is 14.8 Å². The fraction of sp³-hybridized carbons (Fsp3) is 0.375. The molecular weight excluding hydrogens is 268 g/mol. The van der Waals surface area contributed by atoms with Gasteiger partial charge in [-0.1, -0.05) is 24.8 Å². The number of hydrogen-bond donors (Lipinski definition) is 3. The van der Waals surface area contributed by atoms with Crippen LogP contribution in [0.2, 0.25) is 0 Å². The number of benzene rings is 1. The number of nitrogens with one attached hydrogen (secondary N) is 2. The van der Waals surface area contributed by atoms with Crippen molar-refractivity contribution in [2.75, 3.05) is 5.32 Å². The molecule has 0 radical (unpaired) electrons. The lowest BCUT2D eigenvalue weighted by Crippen LogP contribution is -2.17. The van der Waals surface area contributed by atoms with Gasteiger partial charge in [-0.15, -0.1) is 6.42 Å². The van der Waals surface area contributed by atoms with E-state index in [-0.39, 0.29) is 11.8 Å². The second kappa shape index (κ2) is 9.56. The third-order valence-electron chi connectivity index (χ3n) is 3.00. The summed E-state index contributed by atoms with van der Waals surface area (Å²) in [5.41, 5.74) is 3.03. The van der Waals surface area contributed by atoms with Gasteiger partial charge in [0, 0.05) is 24.1 Å². The molecule has 0 aromatic heterocycles. The van der Waals surface area contributed by atoms with Crippen molar-refractivity contribution in [1.82, 2.24) is 5.48 Å². The molecule has 5 nitrogen and oxygen atoms in total. The van der Waals surface area contributed by atoms with Gasteiger partial charge in [-0.3, -0.25) is 14.8 Å². The van der Waals surface area contributed by atoms with E-state index in [2.05, 4.69) is 11.2 Å². The van der Waals surface area contributed by atoms with E-state index in [1.165, 1.54) is 0 Å². The minimum Gasteiger partial charge on any atom is -0.326 e. The SMILES string of the molecule is C#Cc1cccc(NC(=O)CCCCCCC(=O)NO)c1. The molecule has 0 aliphatic heterocycles. The molecule has 0 atom stereocenters. The zero-order valence-electron chi connectivity index (χ0n) is 11.9. The van der Waals surface area contributed by atoms with Crippen LogP contribution < -0.4 is 10.8 Å². The van der Waals surface area contributed by atoms with Crippen molar-refractivity contribution >= 4 is 17.5 Å². The Labute approximate surface area is 124 Å². The Kier molecular flexibility index (Phi) is 7.62. The first-order valence-electron chi connectivity index (χ1n) is 6.95. The van der Waals surface area contributed by atoms with Crippen LogP contribution in [0.3, 0.4) is 0 Å². The van der Waals surface area contributed by atoms with Crippen LogP contribution in [0.5, 0.6) is 0 Å². The quantitative estimate of drug-likeness (QED) is 0.297. The molecule has 0 saturated carbocycles. The fourth-order valence-corrected chi connectivity index (χ4v) is 1.89. The smallest absolute Gasteiger partial charge is 0.243 e. The maximum absolute atomic E-state index is 11.7. The Balaban J connectivity index is 2.17. The number of hydroxylamine groups is 1. The van der Waals surface area contributed by atoms with E-state index in [0.717, 1.165) is 24.8 Å². The van der Waals surface area contributed by atoms with Gasteiger partial charge in [0.1, 0.15) is 0 Å². The summed E-state index contributed by atoms with van der Waals surface area (Å²) in [4.78, 5) is 22.5. The molecule has 5 heteroatoms. The first kappa shape index (κ1) is 16.7. The van der Waals surface area contributed by atoms with E-state index < -0.39 is 0 Å². The van der Waals surface area contributed by atoms with Crippen LogP contribution in [0.25, 0.3) is 0 Å². The Morgan fingerprint density at radius 1 is 1.10 bits per heavy atom. The molecule has 0 aliphatic carbocycles. The first-order chi connectivity index (χ1) is 10.2. The lowest BCUT2D eigenvalue weighted by atomic mass is 10.1. The molecule has 0 unspecified atom stereocenters. The lowest BCUT2D eigenvalue weighted by molar-refractivity contribution is -0.129. The highest BCUT2D eigenvalue weighted by Crippen LogP contribution is 2.11. The third kappa shape index (κ3) is 7.14. The Morgan fingerprint density at radius 2 is 1.76 bits per heavy atom. The molecule has 3 N–H and O–H groups in total. The molecule has 112 valence electrons. The predicted octanol–water partition coefficient (Wildman–Crippen LogP) is 2.45. The molecule has 1 aromatic carbocycles. The highest BCUT2D eigenvalue weighted by molar-refractivity contribution is 5.90. The van der Waals surface area contributed by atoms with Crippen LogP contribution in [0.15, 0.2) is 24.3 Å². The van der Waals surface area contributed by atoms with E-state index >= 15 is 0 Å². The molecular formula is C16H20N2O3. The van der Waals surface area contributed by atoms with E-state index in [1.807, 2.05) is 0 Å². The van der Waals surface area contributed by atoms with Gasteiger partial charge in [0.2, 0.25) is 11.8 Å². The van der Waals surface area contributed by atoms with Gasteiger partial charge in [-0.05, 0) is 31.0 Å². The van der Waals surface area contributed by atoms with Gasteiger partial charge in [-0.25, -0.2) is 5.48 Å². The molecule has 0 saturated heterocycles. The number of hydrogen-bond acceptors (Lipinski definition) is 3. The minimum absolute atomic E-state index is 0.0442. The highest BCUT2D eigenvalue weighted by atomic mass is 16.5. The van der Waals surface area contributed by atoms with Gasteiger partial charge in [0.05, 0.1) is 0 Å². The number of terminal acetylenes is 1. The van der Waals surface area contributed by atoms with E-state index in [9.17, 15) is 9.59 Å². The van der Waals surface area contributed by atoms with Crippen LogP contribution in [-0.4, -0.2) is 17.0 Å². The van der Waals surface area contributed by atoms with Crippen molar-refractivity contribution in [2.24, 2.45) is 0 Å². The number of amides is 2. The highest BCUT2D eigenvalue weighted by Gasteiger charge is 2.03. The Bertz CT molecular complexity index is 520. The third-order valence-corrected chi connectivity index (χ3v) is 3.00. The molecule has 0 bridgehead atoms. The topological polar surface area (TPSA) is 78.4 Å². The summed E-state index contributed by atoms with van der Waals surface area (Å²) >= 11 is 0. The molecule has 1 rings (SSSR count). The van der Waals surface area contributed by atoms with Crippen LogP contribution >= 0.6 is 0 Å². The predicted molar refractivity (Wildman–Crippen MR) is 80.6 cm³/mol. The first-order valence-corrected chi connectivity index (χ1v) is 6.95. The number of carbonyl (C=O) groups excluding carboxylic acids is 2. The summed E-state index contributed by atoms with van der Waals surface area (Å²) in [5.74, 6) is 2.10. The van der Waals surface area contributed by atoms with Gasteiger partial charge < -0.3 is 5.32 Å². The zero-order chi connectivity index (χ0) is 15.5. The molecule has 0 spiro atoms. The van der Waals surface area contributed by atoms with Gasteiger partial charge in [0.15, 0.2) is 0 Å². The van der Waals surface area contributed by atoms with Crippen LogP contribution in [-0.2, 0) is 9.59 Å². The average Bonchev–Trinajstić information content (AvgIpc) is 2.50. The molecule has 0 aliphatic rings. The van der Waals surface area contributed by atoms with Crippen LogP contribution in [0.4, 0.5) is 5.69 Å². The maximum Gasteiger partial charge on any atom is 0.243 e. The normalized spacial score (nSPS) is 9.71.